The first-order valence-corrected chi connectivity index (χ1v) is 11.3. The van der Waals surface area contributed by atoms with Crippen LogP contribution in [0.2, 0.25) is 0 Å². The van der Waals surface area contributed by atoms with E-state index in [0.29, 0.717) is 23.6 Å². The molecule has 167 valence electrons. The monoisotopic (exact) mass is 435 g/mol. The lowest BCUT2D eigenvalue weighted by Gasteiger charge is -2.50. The van der Waals surface area contributed by atoms with Crippen LogP contribution in [0.3, 0.4) is 0 Å². The number of likely N-dealkylation sites (tertiary alicyclic amines) is 1. The fourth-order valence-corrected chi connectivity index (χ4v) is 5.57. The Balaban J connectivity index is 1.76. The molecule has 8 nitrogen and oxygen atoms in total. The fourth-order valence-electron chi connectivity index (χ4n) is 5.57. The van der Waals surface area contributed by atoms with Gasteiger partial charge in [0, 0.05) is 19.2 Å². The Hall–Kier alpha value is -3.13. The quantitative estimate of drug-likeness (QED) is 0.493. The number of nitrogens with zero attached hydrogens (tertiary/aromatic N) is 4. The van der Waals surface area contributed by atoms with Gasteiger partial charge in [-0.15, -0.1) is 0 Å². The molecule has 3 heterocycles. The van der Waals surface area contributed by atoms with Crippen molar-refractivity contribution in [2.45, 2.75) is 57.1 Å². The first kappa shape index (κ1) is 20.8. The van der Waals surface area contributed by atoms with Gasteiger partial charge in [-0.25, -0.2) is 4.99 Å². The highest BCUT2D eigenvalue weighted by Crippen LogP contribution is 2.57. The van der Waals surface area contributed by atoms with Crippen LogP contribution in [0.4, 0.5) is 17.1 Å². The number of anilines is 1. The Kier molecular flexibility index (Phi) is 4.85. The average Bonchev–Trinajstić information content (AvgIpc) is 2.99. The number of rotatable bonds is 3. The van der Waals surface area contributed by atoms with Crippen LogP contribution < -0.4 is 9.80 Å². The van der Waals surface area contributed by atoms with Crippen LogP contribution in [0.1, 0.15) is 51.5 Å². The van der Waals surface area contributed by atoms with E-state index in [1.165, 1.54) is 12.1 Å². The Labute approximate surface area is 187 Å². The molecule has 1 spiro atoms. The topological polar surface area (TPSA) is 91.1 Å². The van der Waals surface area contributed by atoms with E-state index in [4.69, 9.17) is 9.73 Å². The minimum absolute atomic E-state index is 0.0827. The van der Waals surface area contributed by atoms with Crippen LogP contribution in [-0.4, -0.2) is 34.5 Å². The van der Waals surface area contributed by atoms with Crippen LogP contribution >= 0.6 is 0 Å². The summed E-state index contributed by atoms with van der Waals surface area (Å²) >= 11 is 0. The minimum atomic E-state index is -1.42. The molecular weight excluding hydrogens is 408 g/mol. The Morgan fingerprint density at radius 1 is 1.16 bits per heavy atom. The molecule has 0 amide bonds. The number of hydrogen-bond acceptors (Lipinski definition) is 6. The number of aliphatic imine (C=N–C) groups is 1. The molecule has 0 N–H and O–H groups in total. The summed E-state index contributed by atoms with van der Waals surface area (Å²) in [6.45, 7) is 5.76. The highest BCUT2D eigenvalue weighted by Gasteiger charge is 2.67. The van der Waals surface area contributed by atoms with Gasteiger partial charge in [0.05, 0.1) is 22.1 Å². The second-order valence-corrected chi connectivity index (χ2v) is 9.03. The Morgan fingerprint density at radius 2 is 1.91 bits per heavy atom. The first-order valence-electron chi connectivity index (χ1n) is 11.3. The van der Waals surface area contributed by atoms with Gasteiger partial charge in [-0.05, 0) is 50.3 Å². The van der Waals surface area contributed by atoms with Crippen molar-refractivity contribution < 1.29 is 14.9 Å². The number of piperidine rings is 1. The van der Waals surface area contributed by atoms with Crippen molar-refractivity contribution in [3.63, 3.8) is 0 Å². The number of ether oxygens (including phenoxy) is 1. The summed E-state index contributed by atoms with van der Waals surface area (Å²) < 4.78 is 6.64. The standard InChI is InChI=1S/C24H27N4O4/c1-3-13-23(2)18-9-5-6-10-20(18)27(29)24(23)22(26-14-7-4-8-15-26)25-19-12-11-17(28(30)31)16-21(19)32-24/h5-6,9-12,16H,3-4,7-8,13-15H2,1-2H3/t23?,24-/m1/s1. The molecule has 8 heteroatoms. The number of hydrogen-bond donors (Lipinski definition) is 0. The lowest BCUT2D eigenvalue weighted by atomic mass is 9.71. The van der Waals surface area contributed by atoms with Crippen molar-refractivity contribution in [3.05, 3.63) is 58.1 Å². The second-order valence-electron chi connectivity index (χ2n) is 9.03. The number of amidine groups is 1. The lowest BCUT2D eigenvalue weighted by molar-refractivity contribution is -0.385. The highest BCUT2D eigenvalue weighted by atomic mass is 16.6. The zero-order chi connectivity index (χ0) is 22.5. The molecule has 0 aromatic heterocycles. The maximum atomic E-state index is 14.1. The predicted molar refractivity (Wildman–Crippen MR) is 121 cm³/mol. The fraction of sp³-hybridized carbons (Fsp3) is 0.458. The van der Waals surface area contributed by atoms with Gasteiger partial charge in [-0.1, -0.05) is 36.8 Å². The van der Waals surface area contributed by atoms with E-state index in [1.807, 2.05) is 24.3 Å². The molecule has 32 heavy (non-hydrogen) atoms. The van der Waals surface area contributed by atoms with E-state index in [9.17, 15) is 15.3 Å². The average molecular weight is 436 g/mol. The van der Waals surface area contributed by atoms with Gasteiger partial charge >= 0.3 is 0 Å². The third-order valence-electron chi connectivity index (χ3n) is 7.10. The molecular formula is C24H27N4O4. The molecule has 1 saturated heterocycles. The number of non-ortho nitro benzene ring substituents is 1. The molecule has 1 unspecified atom stereocenters. The van der Waals surface area contributed by atoms with Crippen LogP contribution in [-0.2, 0) is 10.6 Å². The second kappa shape index (κ2) is 7.48. The minimum Gasteiger partial charge on any atom is -0.455 e. The lowest BCUT2D eigenvalue weighted by Crippen LogP contribution is -2.69. The molecule has 1 radical (unpaired) electrons. The van der Waals surface area contributed by atoms with Crippen molar-refractivity contribution in [2.24, 2.45) is 4.99 Å². The number of para-hydroxylation sites is 1. The summed E-state index contributed by atoms with van der Waals surface area (Å²) in [4.78, 5) is 18.1. The molecule has 5 rings (SSSR count). The third-order valence-corrected chi connectivity index (χ3v) is 7.10. The summed E-state index contributed by atoms with van der Waals surface area (Å²) in [5.41, 5.74) is -0.173. The number of nitro benzene ring substituents is 1. The summed E-state index contributed by atoms with van der Waals surface area (Å²) in [7, 11) is 0. The van der Waals surface area contributed by atoms with E-state index in [1.54, 1.807) is 6.07 Å². The summed E-state index contributed by atoms with van der Waals surface area (Å²) in [6.07, 6.45) is 4.75. The highest BCUT2D eigenvalue weighted by molar-refractivity contribution is 6.01. The zero-order valence-corrected chi connectivity index (χ0v) is 18.4. The van der Waals surface area contributed by atoms with Crippen LogP contribution in [0.5, 0.6) is 5.75 Å². The Morgan fingerprint density at radius 3 is 2.62 bits per heavy atom. The largest absolute Gasteiger partial charge is 0.455 e. The summed E-state index contributed by atoms with van der Waals surface area (Å²) in [5.74, 6) is 0.886. The number of nitro groups is 1. The molecule has 2 aromatic carbocycles. The maximum Gasteiger partial charge on any atom is 0.275 e. The SMILES string of the molecule is CCCC1(C)c2ccccc2N([O])[C@]12Oc1cc([N+](=O)[O-])ccc1N=C2N1CCCCC1. The van der Waals surface area contributed by atoms with Crippen molar-refractivity contribution >= 4 is 22.9 Å². The number of benzene rings is 2. The van der Waals surface area contributed by atoms with E-state index >= 15 is 0 Å². The van der Waals surface area contributed by atoms with E-state index in [-0.39, 0.29) is 11.4 Å². The smallest absolute Gasteiger partial charge is 0.275 e. The zero-order valence-electron chi connectivity index (χ0n) is 18.4. The van der Waals surface area contributed by atoms with Crippen LogP contribution in [0, 0.1) is 10.1 Å². The number of fused-ring (bicyclic) bond motifs is 2. The van der Waals surface area contributed by atoms with Gasteiger partial charge in [0.1, 0.15) is 5.69 Å². The summed E-state index contributed by atoms with van der Waals surface area (Å²) in [5, 5.41) is 26.5. The number of hydroxylamine groups is 1. The first-order chi connectivity index (χ1) is 15.4. The van der Waals surface area contributed by atoms with Gasteiger partial charge in [-0.2, -0.15) is 5.06 Å². The normalized spacial score (nSPS) is 26.4. The van der Waals surface area contributed by atoms with Crippen LogP contribution in [0.25, 0.3) is 0 Å². The van der Waals surface area contributed by atoms with Crippen LogP contribution in [0.15, 0.2) is 47.5 Å². The molecule has 2 aromatic rings. The van der Waals surface area contributed by atoms with Gasteiger partial charge < -0.3 is 9.64 Å². The molecule has 1 fully saturated rings. The molecule has 0 saturated carbocycles. The van der Waals surface area contributed by atoms with E-state index in [0.717, 1.165) is 49.4 Å². The van der Waals surface area contributed by atoms with Crippen molar-refractivity contribution in [3.8, 4) is 5.75 Å². The third kappa shape index (κ3) is 2.75. The molecule has 0 bridgehead atoms. The molecule has 0 aliphatic carbocycles. The molecule has 3 aliphatic heterocycles. The van der Waals surface area contributed by atoms with Gasteiger partial charge in [0.15, 0.2) is 11.6 Å². The molecule has 2 atom stereocenters. The van der Waals surface area contributed by atoms with Crippen molar-refractivity contribution in [2.75, 3.05) is 18.2 Å². The molecule has 3 aliphatic rings. The van der Waals surface area contributed by atoms with Crippen molar-refractivity contribution in [1.29, 1.82) is 0 Å². The van der Waals surface area contributed by atoms with Gasteiger partial charge in [-0.3, -0.25) is 10.1 Å². The maximum absolute atomic E-state index is 14.1. The predicted octanol–water partition coefficient (Wildman–Crippen LogP) is 5.12. The summed E-state index contributed by atoms with van der Waals surface area (Å²) in [6, 6.07) is 12.0. The van der Waals surface area contributed by atoms with E-state index in [2.05, 4.69) is 18.7 Å². The van der Waals surface area contributed by atoms with Gasteiger partial charge in [0.2, 0.25) is 0 Å². The van der Waals surface area contributed by atoms with Gasteiger partial charge in [0.25, 0.3) is 11.4 Å². The Bertz CT molecular complexity index is 1100. The van der Waals surface area contributed by atoms with Crippen molar-refractivity contribution in [1.82, 2.24) is 4.90 Å². The van der Waals surface area contributed by atoms with E-state index < -0.39 is 16.1 Å².